The first-order valence-electron chi connectivity index (χ1n) is 6.29. The fraction of sp³-hybridized carbons (Fsp3) is 0.385. The molecule has 1 aromatic rings. The van der Waals surface area contributed by atoms with Crippen molar-refractivity contribution in [3.63, 3.8) is 0 Å². The lowest BCUT2D eigenvalue weighted by Crippen LogP contribution is -2.38. The largest absolute Gasteiger partial charge is 0.452 e. The molecular weight excluding hydrogens is 376 g/mol. The zero-order chi connectivity index (χ0) is 16.9. The van der Waals surface area contributed by atoms with Gasteiger partial charge in [-0.3, -0.25) is 9.59 Å². The number of carbonyl (C=O) groups excluding carboxylic acids is 2. The summed E-state index contributed by atoms with van der Waals surface area (Å²) in [6.45, 7) is 0.864. The average Bonchev–Trinajstić information content (AvgIpc) is 2.44. The molecule has 0 fully saturated rings. The smallest absolute Gasteiger partial charge is 0.321 e. The first kappa shape index (κ1) is 18.6. The highest BCUT2D eigenvalue weighted by atomic mass is 79.9. The molecule has 0 spiro atoms. The highest BCUT2D eigenvalue weighted by Gasteiger charge is 2.21. The number of amides is 1. The van der Waals surface area contributed by atoms with Gasteiger partial charge in [0.15, 0.2) is 6.10 Å². The van der Waals surface area contributed by atoms with Crippen LogP contribution in [0.25, 0.3) is 0 Å². The molecule has 0 saturated carbocycles. The minimum atomic E-state index is -3.83. The number of hydrogen-bond acceptors (Lipinski definition) is 5. The summed E-state index contributed by atoms with van der Waals surface area (Å²) < 4.78 is 31.6. The van der Waals surface area contributed by atoms with Gasteiger partial charge in [-0.1, -0.05) is 22.0 Å². The standard InChI is InChI=1S/C13H17BrN2O5S/c1-9(13(18)16(2)3)21-12(17)8-15-22(19,20)11-6-4-5-10(14)7-11/h4-7,9,15H,8H2,1-3H3. The number of hydrogen-bond donors (Lipinski definition) is 1. The quantitative estimate of drug-likeness (QED) is 0.720. The van der Waals surface area contributed by atoms with Crippen LogP contribution >= 0.6 is 15.9 Å². The van der Waals surface area contributed by atoms with Crippen molar-refractivity contribution >= 4 is 37.8 Å². The molecule has 0 bridgehead atoms. The lowest BCUT2D eigenvalue weighted by atomic mass is 10.3. The first-order valence-corrected chi connectivity index (χ1v) is 8.57. The molecule has 0 saturated heterocycles. The third-order valence-corrected chi connectivity index (χ3v) is 4.50. The lowest BCUT2D eigenvalue weighted by Gasteiger charge is -2.17. The van der Waals surface area contributed by atoms with Gasteiger partial charge >= 0.3 is 5.97 Å². The van der Waals surface area contributed by atoms with E-state index in [1.807, 2.05) is 0 Å². The molecule has 9 heteroatoms. The fourth-order valence-corrected chi connectivity index (χ4v) is 3.09. The first-order chi connectivity index (χ1) is 10.1. The Labute approximate surface area is 137 Å². The molecule has 7 nitrogen and oxygen atoms in total. The van der Waals surface area contributed by atoms with Gasteiger partial charge in [-0.2, -0.15) is 4.72 Å². The Morgan fingerprint density at radius 1 is 1.36 bits per heavy atom. The average molecular weight is 393 g/mol. The van der Waals surface area contributed by atoms with Gasteiger partial charge in [-0.25, -0.2) is 8.42 Å². The minimum absolute atomic E-state index is 0.0205. The molecule has 0 aromatic heterocycles. The van der Waals surface area contributed by atoms with E-state index in [9.17, 15) is 18.0 Å². The fourth-order valence-electron chi connectivity index (χ4n) is 1.52. The van der Waals surface area contributed by atoms with Crippen molar-refractivity contribution in [1.82, 2.24) is 9.62 Å². The van der Waals surface area contributed by atoms with Crippen molar-refractivity contribution in [2.45, 2.75) is 17.9 Å². The topological polar surface area (TPSA) is 92.8 Å². The van der Waals surface area contributed by atoms with Crippen molar-refractivity contribution in [1.29, 1.82) is 0 Å². The molecule has 0 aliphatic carbocycles. The van der Waals surface area contributed by atoms with Crippen molar-refractivity contribution < 1.29 is 22.7 Å². The summed E-state index contributed by atoms with van der Waals surface area (Å²) in [5.74, 6) is -1.22. The van der Waals surface area contributed by atoms with Crippen LogP contribution in [0.3, 0.4) is 0 Å². The molecule has 1 rings (SSSR count). The third-order valence-electron chi connectivity index (χ3n) is 2.61. The summed E-state index contributed by atoms with van der Waals surface area (Å²) in [4.78, 5) is 24.4. The van der Waals surface area contributed by atoms with Crippen LogP contribution < -0.4 is 4.72 Å². The monoisotopic (exact) mass is 392 g/mol. The van der Waals surface area contributed by atoms with Crippen molar-refractivity contribution in [2.24, 2.45) is 0 Å². The van der Waals surface area contributed by atoms with E-state index in [4.69, 9.17) is 4.74 Å². The Bertz CT molecular complexity index is 660. The van der Waals surface area contributed by atoms with Gasteiger partial charge < -0.3 is 9.64 Å². The number of halogens is 1. The van der Waals surface area contributed by atoms with E-state index in [0.717, 1.165) is 0 Å². The number of esters is 1. The predicted molar refractivity (Wildman–Crippen MR) is 83.6 cm³/mol. The number of benzene rings is 1. The zero-order valence-electron chi connectivity index (χ0n) is 12.4. The molecule has 1 unspecified atom stereocenters. The summed E-state index contributed by atoms with van der Waals surface area (Å²) in [5, 5.41) is 0. The SMILES string of the molecule is CC(OC(=O)CNS(=O)(=O)c1cccc(Br)c1)C(=O)N(C)C. The van der Waals surface area contributed by atoms with Crippen molar-refractivity contribution in [2.75, 3.05) is 20.6 Å². The number of nitrogens with zero attached hydrogens (tertiary/aromatic N) is 1. The molecule has 1 N–H and O–H groups in total. The molecule has 0 radical (unpaired) electrons. The van der Waals surface area contributed by atoms with E-state index in [2.05, 4.69) is 20.7 Å². The minimum Gasteiger partial charge on any atom is -0.452 e. The normalized spacial score (nSPS) is 12.5. The van der Waals surface area contributed by atoms with Gasteiger partial charge in [0.25, 0.3) is 5.91 Å². The molecule has 1 aromatic carbocycles. The highest BCUT2D eigenvalue weighted by Crippen LogP contribution is 2.15. The van der Waals surface area contributed by atoms with Crippen LogP contribution in [0.2, 0.25) is 0 Å². The van der Waals surface area contributed by atoms with E-state index >= 15 is 0 Å². The molecule has 0 heterocycles. The van der Waals surface area contributed by atoms with Gasteiger partial charge in [0.2, 0.25) is 10.0 Å². The second-order valence-electron chi connectivity index (χ2n) is 4.65. The maximum absolute atomic E-state index is 12.0. The van der Waals surface area contributed by atoms with Gasteiger partial charge in [-0.05, 0) is 25.1 Å². The van der Waals surface area contributed by atoms with E-state index in [-0.39, 0.29) is 10.8 Å². The molecule has 0 aliphatic heterocycles. The lowest BCUT2D eigenvalue weighted by molar-refractivity contribution is -0.156. The predicted octanol–water partition coefficient (Wildman–Crippen LogP) is 0.747. The van der Waals surface area contributed by atoms with Crippen LogP contribution in [0, 0.1) is 0 Å². The number of ether oxygens (including phenoxy) is 1. The number of rotatable bonds is 6. The van der Waals surface area contributed by atoms with Crippen LogP contribution in [0.4, 0.5) is 0 Å². The Kier molecular flexibility index (Phi) is 6.51. The molecule has 22 heavy (non-hydrogen) atoms. The van der Waals surface area contributed by atoms with E-state index in [1.54, 1.807) is 12.1 Å². The molecule has 1 amide bonds. The van der Waals surface area contributed by atoms with E-state index in [1.165, 1.54) is 38.1 Å². The summed E-state index contributed by atoms with van der Waals surface area (Å²) in [6.07, 6.45) is -0.974. The van der Waals surface area contributed by atoms with Crippen molar-refractivity contribution in [3.8, 4) is 0 Å². The van der Waals surface area contributed by atoms with Crippen LogP contribution in [-0.2, 0) is 24.3 Å². The summed E-state index contributed by atoms with van der Waals surface area (Å²) >= 11 is 3.17. The Balaban J connectivity index is 2.62. The second kappa shape index (κ2) is 7.70. The number of carbonyl (C=O) groups is 2. The molecular formula is C13H17BrN2O5S. The zero-order valence-corrected chi connectivity index (χ0v) is 14.8. The number of likely N-dealkylation sites (N-methyl/N-ethyl adjacent to an activating group) is 1. The third kappa shape index (κ3) is 5.39. The Morgan fingerprint density at radius 3 is 2.55 bits per heavy atom. The second-order valence-corrected chi connectivity index (χ2v) is 7.33. The summed E-state index contributed by atoms with van der Waals surface area (Å²) in [6, 6.07) is 6.05. The van der Waals surface area contributed by atoms with Crippen LogP contribution in [0.1, 0.15) is 6.92 Å². The molecule has 122 valence electrons. The van der Waals surface area contributed by atoms with Crippen molar-refractivity contribution in [3.05, 3.63) is 28.7 Å². The molecule has 0 aliphatic rings. The summed E-state index contributed by atoms with van der Waals surface area (Å²) in [5.41, 5.74) is 0. The highest BCUT2D eigenvalue weighted by molar-refractivity contribution is 9.10. The Morgan fingerprint density at radius 2 is 2.00 bits per heavy atom. The maximum atomic E-state index is 12.0. The Hall–Kier alpha value is -1.45. The van der Waals surface area contributed by atoms with Crippen LogP contribution in [-0.4, -0.2) is 51.9 Å². The van der Waals surface area contributed by atoms with Gasteiger partial charge in [0, 0.05) is 18.6 Å². The summed E-state index contributed by atoms with van der Waals surface area (Å²) in [7, 11) is -0.766. The van der Waals surface area contributed by atoms with E-state index in [0.29, 0.717) is 4.47 Å². The molecule has 1 atom stereocenters. The van der Waals surface area contributed by atoms with E-state index < -0.39 is 28.6 Å². The van der Waals surface area contributed by atoms with Crippen LogP contribution in [0.15, 0.2) is 33.6 Å². The van der Waals surface area contributed by atoms with Gasteiger partial charge in [0.1, 0.15) is 6.54 Å². The number of nitrogens with one attached hydrogen (secondary N) is 1. The number of sulfonamides is 1. The van der Waals surface area contributed by atoms with Gasteiger partial charge in [0.05, 0.1) is 4.90 Å². The van der Waals surface area contributed by atoms with Gasteiger partial charge in [-0.15, -0.1) is 0 Å². The maximum Gasteiger partial charge on any atom is 0.321 e. The van der Waals surface area contributed by atoms with Crippen LogP contribution in [0.5, 0.6) is 0 Å².